The van der Waals surface area contributed by atoms with Gasteiger partial charge in [0.1, 0.15) is 12.4 Å². The smallest absolute Gasteiger partial charge is 0.261 e. The first-order valence-electron chi connectivity index (χ1n) is 6.00. The van der Waals surface area contributed by atoms with Gasteiger partial charge < -0.3 is 14.8 Å². The fourth-order valence-corrected chi connectivity index (χ4v) is 2.53. The minimum absolute atomic E-state index is 0.189. The van der Waals surface area contributed by atoms with Crippen molar-refractivity contribution in [2.75, 3.05) is 6.61 Å². The van der Waals surface area contributed by atoms with Gasteiger partial charge in [-0.2, -0.15) is 0 Å². The fraction of sp³-hybridized carbons (Fsp3) is 0.286. The molecule has 0 aliphatic heterocycles. The van der Waals surface area contributed by atoms with Crippen molar-refractivity contribution in [2.45, 2.75) is 20.4 Å². The molecule has 0 radical (unpaired) electrons. The summed E-state index contributed by atoms with van der Waals surface area (Å²) in [5.74, 6) is 6.40. The third kappa shape index (κ3) is 3.47. The summed E-state index contributed by atoms with van der Waals surface area (Å²) in [4.78, 5) is 17.4. The standard InChI is InChI=1S/C14H14N2O3S/c1-9-6-12(20-11(9)4-3-5-17)14(18)16-8-13-15-7-10(2)19-13/h6-7,17H,5,8H2,1-2H3,(H,16,18). The van der Waals surface area contributed by atoms with E-state index in [1.54, 1.807) is 19.2 Å². The highest BCUT2D eigenvalue weighted by molar-refractivity contribution is 7.14. The molecule has 2 aromatic rings. The molecule has 6 heteroatoms. The van der Waals surface area contributed by atoms with Crippen molar-refractivity contribution in [3.63, 3.8) is 0 Å². The zero-order valence-electron chi connectivity index (χ0n) is 11.2. The van der Waals surface area contributed by atoms with Crippen LogP contribution in [-0.2, 0) is 6.54 Å². The van der Waals surface area contributed by atoms with Gasteiger partial charge in [0, 0.05) is 0 Å². The molecule has 0 aliphatic carbocycles. The molecular weight excluding hydrogens is 276 g/mol. The van der Waals surface area contributed by atoms with Crippen LogP contribution < -0.4 is 5.32 Å². The number of aliphatic hydroxyl groups excluding tert-OH is 1. The quantitative estimate of drug-likeness (QED) is 0.842. The van der Waals surface area contributed by atoms with Crippen LogP contribution in [0.25, 0.3) is 0 Å². The molecule has 0 aromatic carbocycles. The number of hydrogen-bond acceptors (Lipinski definition) is 5. The van der Waals surface area contributed by atoms with E-state index in [-0.39, 0.29) is 19.1 Å². The van der Waals surface area contributed by atoms with Gasteiger partial charge in [0.15, 0.2) is 0 Å². The van der Waals surface area contributed by atoms with Crippen LogP contribution in [0.3, 0.4) is 0 Å². The molecule has 5 nitrogen and oxygen atoms in total. The summed E-state index contributed by atoms with van der Waals surface area (Å²) in [6, 6.07) is 1.78. The van der Waals surface area contributed by atoms with E-state index in [9.17, 15) is 4.79 Å². The number of nitrogens with one attached hydrogen (secondary N) is 1. The molecule has 20 heavy (non-hydrogen) atoms. The van der Waals surface area contributed by atoms with Gasteiger partial charge in [-0.15, -0.1) is 11.3 Å². The normalized spacial score (nSPS) is 9.95. The summed E-state index contributed by atoms with van der Waals surface area (Å²) in [6.07, 6.45) is 1.61. The van der Waals surface area contributed by atoms with Crippen molar-refractivity contribution < 1.29 is 14.3 Å². The first kappa shape index (κ1) is 14.3. The third-order valence-corrected chi connectivity index (χ3v) is 3.64. The van der Waals surface area contributed by atoms with Crippen molar-refractivity contribution in [3.05, 3.63) is 39.2 Å². The summed E-state index contributed by atoms with van der Waals surface area (Å²) in [6.45, 7) is 3.74. The van der Waals surface area contributed by atoms with E-state index in [1.165, 1.54) is 11.3 Å². The van der Waals surface area contributed by atoms with Crippen LogP contribution in [0.4, 0.5) is 0 Å². The van der Waals surface area contributed by atoms with Crippen LogP contribution in [0.15, 0.2) is 16.7 Å². The van der Waals surface area contributed by atoms with Crippen LogP contribution in [0.5, 0.6) is 0 Å². The van der Waals surface area contributed by atoms with Crippen molar-refractivity contribution in [3.8, 4) is 11.8 Å². The Bertz CT molecular complexity index is 676. The van der Waals surface area contributed by atoms with Crippen molar-refractivity contribution >= 4 is 17.2 Å². The summed E-state index contributed by atoms with van der Waals surface area (Å²) >= 11 is 1.30. The lowest BCUT2D eigenvalue weighted by Gasteiger charge is -1.99. The number of aryl methyl sites for hydroxylation is 2. The third-order valence-electron chi connectivity index (χ3n) is 2.49. The lowest BCUT2D eigenvalue weighted by atomic mass is 10.2. The molecule has 0 spiro atoms. The first-order chi connectivity index (χ1) is 9.60. The van der Waals surface area contributed by atoms with Crippen molar-refractivity contribution in [2.24, 2.45) is 0 Å². The predicted octanol–water partition coefficient (Wildman–Crippen LogP) is 1.63. The van der Waals surface area contributed by atoms with E-state index in [2.05, 4.69) is 22.1 Å². The Morgan fingerprint density at radius 1 is 1.55 bits per heavy atom. The second-order valence-corrected chi connectivity index (χ2v) is 5.18. The summed E-state index contributed by atoms with van der Waals surface area (Å²) in [7, 11) is 0. The zero-order valence-corrected chi connectivity index (χ0v) is 12.0. The largest absolute Gasteiger partial charge is 0.444 e. The second kappa shape index (κ2) is 6.37. The summed E-state index contributed by atoms with van der Waals surface area (Å²) in [5, 5.41) is 11.4. The molecule has 2 heterocycles. The molecule has 0 aliphatic rings. The molecule has 2 aromatic heterocycles. The lowest BCUT2D eigenvalue weighted by molar-refractivity contribution is 0.0951. The van der Waals surface area contributed by atoms with Crippen LogP contribution in [0, 0.1) is 25.7 Å². The molecule has 0 unspecified atom stereocenters. The maximum Gasteiger partial charge on any atom is 0.261 e. The first-order valence-corrected chi connectivity index (χ1v) is 6.81. The van der Waals surface area contributed by atoms with E-state index < -0.39 is 0 Å². The maximum atomic E-state index is 12.0. The van der Waals surface area contributed by atoms with Gasteiger partial charge in [-0.1, -0.05) is 11.8 Å². The number of rotatable bonds is 3. The topological polar surface area (TPSA) is 75.4 Å². The summed E-state index contributed by atoms with van der Waals surface area (Å²) < 4.78 is 5.28. The van der Waals surface area contributed by atoms with Gasteiger partial charge in [-0.3, -0.25) is 4.79 Å². The van der Waals surface area contributed by atoms with E-state index in [4.69, 9.17) is 9.52 Å². The molecule has 104 valence electrons. The molecule has 2 rings (SSSR count). The minimum atomic E-state index is -0.192. The Balaban J connectivity index is 2.02. The Kier molecular flexibility index (Phi) is 4.56. The highest BCUT2D eigenvalue weighted by Crippen LogP contribution is 2.20. The van der Waals surface area contributed by atoms with Gasteiger partial charge in [0.2, 0.25) is 5.89 Å². The number of carbonyl (C=O) groups is 1. The van der Waals surface area contributed by atoms with E-state index in [1.807, 2.05) is 6.92 Å². The number of thiophene rings is 1. The molecule has 0 saturated carbocycles. The number of aliphatic hydroxyl groups is 1. The van der Waals surface area contributed by atoms with Crippen LogP contribution in [0.1, 0.15) is 31.8 Å². The molecule has 0 atom stereocenters. The number of aromatic nitrogens is 1. The Morgan fingerprint density at radius 2 is 2.35 bits per heavy atom. The van der Waals surface area contributed by atoms with Crippen molar-refractivity contribution in [1.82, 2.24) is 10.3 Å². The van der Waals surface area contributed by atoms with Gasteiger partial charge in [0.05, 0.1) is 22.5 Å². The number of carbonyl (C=O) groups excluding carboxylic acids is 1. The minimum Gasteiger partial charge on any atom is -0.444 e. The van der Waals surface area contributed by atoms with Crippen LogP contribution in [-0.4, -0.2) is 22.6 Å². The number of hydrogen-bond donors (Lipinski definition) is 2. The number of amides is 1. The van der Waals surface area contributed by atoms with E-state index >= 15 is 0 Å². The van der Waals surface area contributed by atoms with E-state index in [0.717, 1.165) is 10.4 Å². The molecular formula is C14H14N2O3S. The Hall–Kier alpha value is -2.10. The highest BCUT2D eigenvalue weighted by Gasteiger charge is 2.12. The number of oxazole rings is 1. The van der Waals surface area contributed by atoms with Crippen molar-refractivity contribution in [1.29, 1.82) is 0 Å². The maximum absolute atomic E-state index is 12.0. The fourth-order valence-electron chi connectivity index (χ4n) is 1.56. The predicted molar refractivity (Wildman–Crippen MR) is 75.4 cm³/mol. The van der Waals surface area contributed by atoms with E-state index in [0.29, 0.717) is 16.5 Å². The SMILES string of the molecule is Cc1cnc(CNC(=O)c2cc(C)c(C#CCO)s2)o1. The van der Waals surface area contributed by atoms with Crippen LogP contribution >= 0.6 is 11.3 Å². The lowest BCUT2D eigenvalue weighted by Crippen LogP contribution is -2.21. The van der Waals surface area contributed by atoms with Gasteiger partial charge in [-0.05, 0) is 25.5 Å². The second-order valence-electron chi connectivity index (χ2n) is 4.13. The average Bonchev–Trinajstić information content (AvgIpc) is 3.00. The average molecular weight is 290 g/mol. The molecule has 0 fully saturated rings. The Labute approximate surface area is 120 Å². The highest BCUT2D eigenvalue weighted by atomic mass is 32.1. The zero-order chi connectivity index (χ0) is 14.5. The number of nitrogens with zero attached hydrogens (tertiary/aromatic N) is 1. The molecule has 0 bridgehead atoms. The molecule has 2 N–H and O–H groups in total. The van der Waals surface area contributed by atoms with Gasteiger partial charge in [0.25, 0.3) is 5.91 Å². The van der Waals surface area contributed by atoms with Crippen LogP contribution in [0.2, 0.25) is 0 Å². The summed E-state index contributed by atoms with van der Waals surface area (Å²) in [5.41, 5.74) is 0.924. The van der Waals surface area contributed by atoms with Gasteiger partial charge >= 0.3 is 0 Å². The molecule has 0 saturated heterocycles. The monoisotopic (exact) mass is 290 g/mol. The van der Waals surface area contributed by atoms with Gasteiger partial charge in [-0.25, -0.2) is 4.98 Å². The molecule has 1 amide bonds. The Morgan fingerprint density at radius 3 is 3.00 bits per heavy atom.